The Labute approximate surface area is 125 Å². The lowest BCUT2D eigenvalue weighted by atomic mass is 10.1. The molecule has 0 saturated carbocycles. The van der Waals surface area contributed by atoms with Gasteiger partial charge in [-0.05, 0) is 31.0 Å². The summed E-state index contributed by atoms with van der Waals surface area (Å²) < 4.78 is 13.5. The Morgan fingerprint density at radius 1 is 1.33 bits per heavy atom. The molecule has 0 spiro atoms. The van der Waals surface area contributed by atoms with Crippen molar-refractivity contribution < 1.29 is 14.3 Å². The molecule has 0 aromatic heterocycles. The molecule has 0 aliphatic carbocycles. The van der Waals surface area contributed by atoms with Gasteiger partial charge in [-0.2, -0.15) is 0 Å². The number of aliphatic hydroxyl groups is 1. The second-order valence-corrected chi connectivity index (χ2v) is 5.62. The Morgan fingerprint density at radius 2 is 2.00 bits per heavy atom. The summed E-state index contributed by atoms with van der Waals surface area (Å²) in [4.78, 5) is 16.2. The van der Waals surface area contributed by atoms with E-state index in [2.05, 4.69) is 4.90 Å². The van der Waals surface area contributed by atoms with Crippen molar-refractivity contribution in [2.75, 3.05) is 32.7 Å². The lowest BCUT2D eigenvalue weighted by molar-refractivity contribution is 0.0523. The zero-order valence-electron chi connectivity index (χ0n) is 12.7. The summed E-state index contributed by atoms with van der Waals surface area (Å²) in [5.74, 6) is -0.463. The van der Waals surface area contributed by atoms with Gasteiger partial charge in [-0.15, -0.1) is 0 Å². The van der Waals surface area contributed by atoms with E-state index in [9.17, 15) is 14.3 Å². The number of carbonyl (C=O) groups is 1. The summed E-state index contributed by atoms with van der Waals surface area (Å²) >= 11 is 0. The number of halogens is 1. The Kier molecular flexibility index (Phi) is 5.31. The smallest absolute Gasteiger partial charge is 0.254 e. The van der Waals surface area contributed by atoms with Crippen LogP contribution in [-0.4, -0.2) is 59.6 Å². The number of piperazine rings is 1. The third-order valence-corrected chi connectivity index (χ3v) is 4.02. The van der Waals surface area contributed by atoms with E-state index < -0.39 is 0 Å². The van der Waals surface area contributed by atoms with Crippen molar-refractivity contribution in [2.24, 2.45) is 0 Å². The van der Waals surface area contributed by atoms with E-state index in [1.165, 1.54) is 6.07 Å². The lowest BCUT2D eigenvalue weighted by Crippen LogP contribution is -2.50. The van der Waals surface area contributed by atoms with Crippen LogP contribution in [0.2, 0.25) is 0 Å². The third-order valence-electron chi connectivity index (χ3n) is 4.02. The van der Waals surface area contributed by atoms with Crippen LogP contribution in [0.1, 0.15) is 29.3 Å². The van der Waals surface area contributed by atoms with E-state index in [0.717, 1.165) is 19.5 Å². The summed E-state index contributed by atoms with van der Waals surface area (Å²) in [5.41, 5.74) is 0.949. The highest BCUT2D eigenvalue weighted by molar-refractivity contribution is 5.94. The van der Waals surface area contributed by atoms with Crippen LogP contribution < -0.4 is 0 Å². The fourth-order valence-electron chi connectivity index (χ4n) is 2.47. The van der Waals surface area contributed by atoms with E-state index >= 15 is 0 Å². The molecule has 1 aliphatic rings. The first kappa shape index (κ1) is 15.9. The highest BCUT2D eigenvalue weighted by Gasteiger charge is 2.23. The third kappa shape index (κ3) is 4.02. The largest absolute Gasteiger partial charge is 0.392 e. The maximum Gasteiger partial charge on any atom is 0.254 e. The van der Waals surface area contributed by atoms with Gasteiger partial charge in [0.1, 0.15) is 5.82 Å². The topological polar surface area (TPSA) is 43.8 Å². The number of nitrogens with zero attached hydrogens (tertiary/aromatic N) is 2. The van der Waals surface area contributed by atoms with E-state index in [0.29, 0.717) is 30.8 Å². The molecule has 2 rings (SSSR count). The van der Waals surface area contributed by atoms with Gasteiger partial charge in [-0.25, -0.2) is 4.39 Å². The van der Waals surface area contributed by atoms with Gasteiger partial charge in [0.15, 0.2) is 0 Å². The molecular weight excluding hydrogens is 271 g/mol. The molecule has 1 heterocycles. The summed E-state index contributed by atoms with van der Waals surface area (Å²) in [7, 11) is 0. The van der Waals surface area contributed by atoms with Gasteiger partial charge >= 0.3 is 0 Å². The number of rotatable bonds is 4. The minimum absolute atomic E-state index is 0.121. The molecule has 0 radical (unpaired) electrons. The van der Waals surface area contributed by atoms with Gasteiger partial charge in [-0.1, -0.05) is 13.0 Å². The maximum absolute atomic E-state index is 13.5. The first-order chi connectivity index (χ1) is 10.0. The van der Waals surface area contributed by atoms with Crippen molar-refractivity contribution in [3.05, 3.63) is 35.1 Å². The number of amides is 1. The summed E-state index contributed by atoms with van der Waals surface area (Å²) in [5, 5.41) is 9.66. The number of aliphatic hydroxyl groups excluding tert-OH is 1. The number of hydrogen-bond donors (Lipinski definition) is 1. The molecule has 1 amide bonds. The number of hydrogen-bond acceptors (Lipinski definition) is 3. The first-order valence-electron chi connectivity index (χ1n) is 7.47. The average molecular weight is 294 g/mol. The van der Waals surface area contributed by atoms with E-state index in [1.54, 1.807) is 24.0 Å². The van der Waals surface area contributed by atoms with E-state index in [1.807, 2.05) is 6.92 Å². The average Bonchev–Trinajstić information content (AvgIpc) is 2.50. The number of β-amino-alcohol motifs (C(OH)–C–C–N with tert-alkyl or cyclic N) is 1. The Bertz CT molecular complexity index is 499. The quantitative estimate of drug-likeness (QED) is 0.918. The highest BCUT2D eigenvalue weighted by atomic mass is 19.1. The zero-order valence-corrected chi connectivity index (χ0v) is 12.7. The monoisotopic (exact) mass is 294 g/mol. The minimum atomic E-state index is -0.342. The fraction of sp³-hybridized carbons (Fsp3) is 0.562. The van der Waals surface area contributed by atoms with Crippen molar-refractivity contribution in [2.45, 2.75) is 26.4 Å². The molecule has 5 heteroatoms. The second-order valence-electron chi connectivity index (χ2n) is 5.62. The molecule has 4 nitrogen and oxygen atoms in total. The fourth-order valence-corrected chi connectivity index (χ4v) is 2.47. The van der Waals surface area contributed by atoms with Crippen molar-refractivity contribution in [3.63, 3.8) is 0 Å². The maximum atomic E-state index is 13.5. The molecule has 1 unspecified atom stereocenters. The molecular formula is C16H23FN2O2. The molecule has 1 aliphatic heterocycles. The van der Waals surface area contributed by atoms with Crippen LogP contribution in [0, 0.1) is 12.7 Å². The number of aryl methyl sites for hydroxylation is 1. The molecule has 1 aromatic rings. The molecule has 116 valence electrons. The van der Waals surface area contributed by atoms with Crippen LogP contribution in [-0.2, 0) is 0 Å². The van der Waals surface area contributed by atoms with Crippen molar-refractivity contribution in [1.29, 1.82) is 0 Å². The van der Waals surface area contributed by atoms with Gasteiger partial charge in [0, 0.05) is 38.3 Å². The number of carbonyl (C=O) groups excluding carboxylic acids is 1. The summed E-state index contributed by atoms with van der Waals surface area (Å²) in [6.07, 6.45) is 0.431. The van der Waals surface area contributed by atoms with E-state index in [4.69, 9.17) is 0 Å². The molecule has 1 N–H and O–H groups in total. The van der Waals surface area contributed by atoms with E-state index in [-0.39, 0.29) is 17.8 Å². The van der Waals surface area contributed by atoms with Crippen LogP contribution in [0.15, 0.2) is 18.2 Å². The van der Waals surface area contributed by atoms with Crippen molar-refractivity contribution in [3.8, 4) is 0 Å². The van der Waals surface area contributed by atoms with Gasteiger partial charge in [0.05, 0.1) is 6.10 Å². The van der Waals surface area contributed by atoms with Crippen LogP contribution in [0.4, 0.5) is 4.39 Å². The van der Waals surface area contributed by atoms with Crippen LogP contribution in [0.3, 0.4) is 0 Å². The van der Waals surface area contributed by atoms with Crippen molar-refractivity contribution in [1.82, 2.24) is 9.80 Å². The summed E-state index contributed by atoms with van der Waals surface area (Å²) in [6, 6.07) is 4.62. The first-order valence-corrected chi connectivity index (χ1v) is 7.47. The predicted octanol–water partition coefficient (Wildman–Crippen LogP) is 1.66. The standard InChI is InChI=1S/C16H23FN2O2/c1-3-14(20)11-18-6-8-19(9-7-18)16(21)13-5-4-12(2)15(17)10-13/h4-5,10,14,20H,3,6-9,11H2,1-2H3. The Hall–Kier alpha value is -1.46. The van der Waals surface area contributed by atoms with Gasteiger partial charge in [0.25, 0.3) is 5.91 Å². The Morgan fingerprint density at radius 3 is 2.57 bits per heavy atom. The lowest BCUT2D eigenvalue weighted by Gasteiger charge is -2.35. The van der Waals surface area contributed by atoms with Gasteiger partial charge in [-0.3, -0.25) is 9.69 Å². The van der Waals surface area contributed by atoms with Gasteiger partial charge < -0.3 is 10.0 Å². The molecule has 1 aromatic carbocycles. The highest BCUT2D eigenvalue weighted by Crippen LogP contribution is 2.13. The minimum Gasteiger partial charge on any atom is -0.392 e. The molecule has 0 bridgehead atoms. The predicted molar refractivity (Wildman–Crippen MR) is 79.8 cm³/mol. The van der Waals surface area contributed by atoms with Crippen LogP contribution in [0.25, 0.3) is 0 Å². The SMILES string of the molecule is CCC(O)CN1CCN(C(=O)c2ccc(C)c(F)c2)CC1. The summed E-state index contributed by atoms with van der Waals surface area (Å²) in [6.45, 7) is 7.01. The molecule has 1 saturated heterocycles. The molecule has 21 heavy (non-hydrogen) atoms. The Balaban J connectivity index is 1.92. The molecule has 1 atom stereocenters. The second kappa shape index (κ2) is 7.00. The zero-order chi connectivity index (χ0) is 15.4. The number of benzene rings is 1. The van der Waals surface area contributed by atoms with Crippen LogP contribution in [0.5, 0.6) is 0 Å². The van der Waals surface area contributed by atoms with Crippen LogP contribution >= 0.6 is 0 Å². The molecule has 1 fully saturated rings. The van der Waals surface area contributed by atoms with Crippen molar-refractivity contribution >= 4 is 5.91 Å². The van der Waals surface area contributed by atoms with Gasteiger partial charge in [0.2, 0.25) is 0 Å². The normalized spacial score (nSPS) is 17.8.